The Labute approximate surface area is 238 Å². The molecule has 228 valence electrons. The van der Waals surface area contributed by atoms with Gasteiger partial charge in [-0.15, -0.1) is 0 Å². The first kappa shape index (κ1) is 37.4. The Morgan fingerprint density at radius 2 is 0.842 bits per heavy atom. The van der Waals surface area contributed by atoms with Crippen LogP contribution in [-0.2, 0) is 4.79 Å². The average Bonchev–Trinajstić information content (AvgIpc) is 2.92. The van der Waals surface area contributed by atoms with Crippen molar-refractivity contribution in [3.63, 3.8) is 0 Å². The van der Waals surface area contributed by atoms with E-state index in [0.717, 1.165) is 25.7 Å². The van der Waals surface area contributed by atoms with E-state index in [1.807, 2.05) is 0 Å². The zero-order valence-corrected chi connectivity index (χ0v) is 26.0. The summed E-state index contributed by atoms with van der Waals surface area (Å²) in [6.07, 6.45) is 34.4. The van der Waals surface area contributed by atoms with Crippen molar-refractivity contribution in [2.24, 2.45) is 0 Å². The molecule has 3 N–H and O–H groups in total. The van der Waals surface area contributed by atoms with Crippen molar-refractivity contribution < 1.29 is 15.0 Å². The minimum Gasteiger partial charge on any atom is -0.394 e. The molecule has 0 aromatic carbocycles. The molecule has 2 unspecified atom stereocenters. The van der Waals surface area contributed by atoms with E-state index in [9.17, 15) is 15.0 Å². The first-order valence-corrected chi connectivity index (χ1v) is 17.2. The number of hydrogen-bond donors (Lipinski definition) is 3. The molecule has 0 spiro atoms. The molecule has 0 rings (SSSR count). The summed E-state index contributed by atoms with van der Waals surface area (Å²) >= 11 is 0. The molecule has 1 amide bonds. The van der Waals surface area contributed by atoms with Gasteiger partial charge in [0.25, 0.3) is 0 Å². The van der Waals surface area contributed by atoms with E-state index in [1.54, 1.807) is 0 Å². The van der Waals surface area contributed by atoms with Crippen LogP contribution in [-0.4, -0.2) is 34.9 Å². The number of carbonyl (C=O) groups excluding carboxylic acids is 1. The van der Waals surface area contributed by atoms with Crippen molar-refractivity contribution in [3.8, 4) is 0 Å². The smallest absolute Gasteiger partial charge is 0.220 e. The number of nitrogens with one attached hydrogen (secondary N) is 1. The second-order valence-electron chi connectivity index (χ2n) is 11.9. The van der Waals surface area contributed by atoms with Crippen LogP contribution in [0.25, 0.3) is 0 Å². The topological polar surface area (TPSA) is 69.6 Å². The maximum Gasteiger partial charge on any atom is 0.220 e. The number of aliphatic hydroxyl groups excluding tert-OH is 2. The quantitative estimate of drug-likeness (QED) is 0.0768. The van der Waals surface area contributed by atoms with Crippen molar-refractivity contribution in [2.75, 3.05) is 6.61 Å². The Bertz CT molecular complexity index is 471. The summed E-state index contributed by atoms with van der Waals surface area (Å²) in [6, 6.07) is -0.526. The van der Waals surface area contributed by atoms with Gasteiger partial charge in [0.1, 0.15) is 0 Å². The molecule has 0 fully saturated rings. The van der Waals surface area contributed by atoms with Crippen molar-refractivity contribution in [2.45, 2.75) is 206 Å². The van der Waals surface area contributed by atoms with Crippen LogP contribution >= 0.6 is 0 Å². The molecule has 0 aliphatic carbocycles. The summed E-state index contributed by atoms with van der Waals surface area (Å²) in [5.74, 6) is -0.0327. The maximum atomic E-state index is 12.2. The van der Waals surface area contributed by atoms with Crippen LogP contribution in [0.5, 0.6) is 0 Å². The SMILES string of the molecule is CCCCCCCCCCCCCCCCCCC(O)C(CO)NC(=O)CCCCCCCCCCCC. The van der Waals surface area contributed by atoms with Gasteiger partial charge in [0.2, 0.25) is 5.91 Å². The fraction of sp³-hybridized carbons (Fsp3) is 0.971. The van der Waals surface area contributed by atoms with Crippen LogP contribution in [0.1, 0.15) is 194 Å². The minimum absolute atomic E-state index is 0.0327. The molecule has 2 atom stereocenters. The highest BCUT2D eigenvalue weighted by Crippen LogP contribution is 2.15. The Balaban J connectivity index is 3.53. The van der Waals surface area contributed by atoms with E-state index < -0.39 is 12.1 Å². The highest BCUT2D eigenvalue weighted by molar-refractivity contribution is 5.76. The first-order chi connectivity index (χ1) is 18.7. The number of carbonyl (C=O) groups is 1. The van der Waals surface area contributed by atoms with Crippen LogP contribution < -0.4 is 5.32 Å². The average molecular weight is 540 g/mol. The first-order valence-electron chi connectivity index (χ1n) is 17.2. The van der Waals surface area contributed by atoms with Gasteiger partial charge in [0, 0.05) is 6.42 Å². The summed E-state index contributed by atoms with van der Waals surface area (Å²) in [5, 5.41) is 23.0. The zero-order chi connectivity index (χ0) is 27.9. The molecule has 38 heavy (non-hydrogen) atoms. The van der Waals surface area contributed by atoms with Crippen LogP contribution in [0.3, 0.4) is 0 Å². The van der Waals surface area contributed by atoms with E-state index in [-0.39, 0.29) is 12.5 Å². The summed E-state index contributed by atoms with van der Waals surface area (Å²) < 4.78 is 0. The highest BCUT2D eigenvalue weighted by Gasteiger charge is 2.19. The molecule has 4 heteroatoms. The van der Waals surface area contributed by atoms with Crippen molar-refractivity contribution in [1.82, 2.24) is 5.32 Å². The van der Waals surface area contributed by atoms with Gasteiger partial charge < -0.3 is 15.5 Å². The zero-order valence-electron chi connectivity index (χ0n) is 26.0. The van der Waals surface area contributed by atoms with Crippen LogP contribution in [0.15, 0.2) is 0 Å². The lowest BCUT2D eigenvalue weighted by atomic mass is 10.0. The van der Waals surface area contributed by atoms with Crippen molar-refractivity contribution in [3.05, 3.63) is 0 Å². The minimum atomic E-state index is -0.650. The predicted octanol–water partition coefficient (Wildman–Crippen LogP) is 9.79. The van der Waals surface area contributed by atoms with E-state index >= 15 is 0 Å². The highest BCUT2D eigenvalue weighted by atomic mass is 16.3. The van der Waals surface area contributed by atoms with Gasteiger partial charge in [0.05, 0.1) is 18.8 Å². The van der Waals surface area contributed by atoms with E-state index in [0.29, 0.717) is 12.8 Å². The normalized spacial score (nSPS) is 13.1. The number of amides is 1. The van der Waals surface area contributed by atoms with Gasteiger partial charge in [-0.05, 0) is 12.8 Å². The predicted molar refractivity (Wildman–Crippen MR) is 166 cm³/mol. The fourth-order valence-electron chi connectivity index (χ4n) is 5.42. The Kier molecular flexibility index (Phi) is 30.4. The maximum absolute atomic E-state index is 12.2. The number of hydrogen-bond acceptors (Lipinski definition) is 3. The molecule has 0 aromatic heterocycles. The van der Waals surface area contributed by atoms with Gasteiger partial charge in [-0.25, -0.2) is 0 Å². The second-order valence-corrected chi connectivity index (χ2v) is 11.9. The fourth-order valence-corrected chi connectivity index (χ4v) is 5.42. The lowest BCUT2D eigenvalue weighted by Gasteiger charge is -2.22. The molecule has 0 aliphatic heterocycles. The monoisotopic (exact) mass is 540 g/mol. The molecular formula is C34H69NO3. The lowest BCUT2D eigenvalue weighted by Crippen LogP contribution is -2.45. The van der Waals surface area contributed by atoms with Gasteiger partial charge in [-0.3, -0.25) is 4.79 Å². The molecule has 0 aliphatic rings. The van der Waals surface area contributed by atoms with Crippen LogP contribution in [0, 0.1) is 0 Å². The third-order valence-corrected chi connectivity index (χ3v) is 8.12. The molecule has 0 radical (unpaired) electrons. The van der Waals surface area contributed by atoms with Crippen molar-refractivity contribution >= 4 is 5.91 Å². The molecule has 0 aromatic rings. The van der Waals surface area contributed by atoms with Gasteiger partial charge >= 0.3 is 0 Å². The van der Waals surface area contributed by atoms with Crippen LogP contribution in [0.2, 0.25) is 0 Å². The molecular weight excluding hydrogens is 470 g/mol. The summed E-state index contributed by atoms with van der Waals surface area (Å²) in [7, 11) is 0. The molecule has 4 nitrogen and oxygen atoms in total. The number of unbranched alkanes of at least 4 members (excludes halogenated alkanes) is 24. The number of rotatable bonds is 31. The summed E-state index contributed by atoms with van der Waals surface area (Å²) in [6.45, 7) is 4.34. The van der Waals surface area contributed by atoms with Crippen molar-refractivity contribution in [1.29, 1.82) is 0 Å². The second kappa shape index (κ2) is 30.9. The van der Waals surface area contributed by atoms with Gasteiger partial charge in [-0.1, -0.05) is 174 Å². The number of aliphatic hydroxyl groups is 2. The molecule has 0 saturated carbocycles. The van der Waals surface area contributed by atoms with E-state index in [2.05, 4.69) is 19.2 Å². The lowest BCUT2D eigenvalue weighted by molar-refractivity contribution is -0.123. The Morgan fingerprint density at radius 3 is 1.18 bits per heavy atom. The molecule has 0 saturated heterocycles. The van der Waals surface area contributed by atoms with E-state index in [4.69, 9.17) is 0 Å². The van der Waals surface area contributed by atoms with Gasteiger partial charge in [-0.2, -0.15) is 0 Å². The van der Waals surface area contributed by atoms with Crippen LogP contribution in [0.4, 0.5) is 0 Å². The third-order valence-electron chi connectivity index (χ3n) is 8.12. The van der Waals surface area contributed by atoms with Gasteiger partial charge in [0.15, 0.2) is 0 Å². The van der Waals surface area contributed by atoms with E-state index in [1.165, 1.54) is 141 Å². The summed E-state index contributed by atoms with van der Waals surface area (Å²) in [4.78, 5) is 12.2. The largest absolute Gasteiger partial charge is 0.394 e. The molecule has 0 heterocycles. The molecule has 0 bridgehead atoms. The third kappa shape index (κ3) is 27.0. The standard InChI is InChI=1S/C34H69NO3/c1-3-5-7-9-11-13-15-16-17-18-19-20-21-23-25-27-29-33(37)32(31-36)35-34(38)30-28-26-24-22-14-12-10-8-6-4-2/h32-33,36-37H,3-31H2,1-2H3,(H,35,38). The Hall–Kier alpha value is -0.610. The summed E-state index contributed by atoms with van der Waals surface area (Å²) in [5.41, 5.74) is 0. The Morgan fingerprint density at radius 1 is 0.526 bits per heavy atom.